The van der Waals surface area contributed by atoms with Crippen molar-refractivity contribution in [1.29, 1.82) is 0 Å². The lowest BCUT2D eigenvalue weighted by Crippen LogP contribution is -2.14. The number of thioether (sulfide) groups is 1. The summed E-state index contributed by atoms with van der Waals surface area (Å²) in [6, 6.07) is 17.0. The maximum absolute atomic E-state index is 12.7. The number of aryl methyl sites for hydroxylation is 1. The van der Waals surface area contributed by atoms with Crippen molar-refractivity contribution in [1.82, 2.24) is 14.8 Å². The first-order valence-corrected chi connectivity index (χ1v) is 8.80. The lowest BCUT2D eigenvalue weighted by molar-refractivity contribution is 0.0994. The Morgan fingerprint density at radius 2 is 1.76 bits per heavy atom. The van der Waals surface area contributed by atoms with Crippen molar-refractivity contribution in [2.45, 2.75) is 24.3 Å². The van der Waals surface area contributed by atoms with Crippen molar-refractivity contribution in [3.8, 4) is 11.4 Å². The number of Topliss-reactive ketones (excluding diaryl/α,β-unsaturated/α-hetero) is 1. The quantitative estimate of drug-likeness (QED) is 0.496. The van der Waals surface area contributed by atoms with E-state index in [1.807, 2.05) is 48.7 Å². The third-order valence-electron chi connectivity index (χ3n) is 3.84. The summed E-state index contributed by atoms with van der Waals surface area (Å²) >= 11 is 1.41. The van der Waals surface area contributed by atoms with Crippen LogP contribution in [0.5, 0.6) is 5.75 Å². The molecule has 128 valence electrons. The maximum atomic E-state index is 12.7. The highest BCUT2D eigenvalue weighted by atomic mass is 32.2. The molecule has 0 spiro atoms. The van der Waals surface area contributed by atoms with Crippen molar-refractivity contribution in [2.24, 2.45) is 0 Å². The molecule has 0 saturated heterocycles. The first-order chi connectivity index (χ1) is 12.1. The van der Waals surface area contributed by atoms with E-state index >= 15 is 0 Å². The van der Waals surface area contributed by atoms with Gasteiger partial charge >= 0.3 is 0 Å². The number of rotatable bonds is 6. The van der Waals surface area contributed by atoms with Crippen LogP contribution in [0.3, 0.4) is 0 Å². The summed E-state index contributed by atoms with van der Waals surface area (Å²) < 4.78 is 7.10. The summed E-state index contributed by atoms with van der Waals surface area (Å²) in [7, 11) is 1.61. The molecule has 0 amide bonds. The Hall–Kier alpha value is -2.60. The van der Waals surface area contributed by atoms with Gasteiger partial charge in [-0.15, -0.1) is 10.2 Å². The molecule has 0 unspecified atom stereocenters. The summed E-state index contributed by atoms with van der Waals surface area (Å²) in [6.07, 6.45) is 0. The summed E-state index contributed by atoms with van der Waals surface area (Å²) in [5, 5.41) is 8.83. The average molecular weight is 353 g/mol. The first-order valence-electron chi connectivity index (χ1n) is 7.92. The first kappa shape index (κ1) is 17.2. The van der Waals surface area contributed by atoms with Gasteiger partial charge in [0, 0.05) is 11.3 Å². The van der Waals surface area contributed by atoms with E-state index in [2.05, 4.69) is 10.2 Å². The Kier molecular flexibility index (Phi) is 5.19. The van der Waals surface area contributed by atoms with Crippen LogP contribution >= 0.6 is 11.8 Å². The van der Waals surface area contributed by atoms with Gasteiger partial charge in [0.1, 0.15) is 11.6 Å². The molecular weight excluding hydrogens is 334 g/mol. The normalized spacial score (nSPS) is 12.0. The number of hydrogen-bond donors (Lipinski definition) is 0. The molecule has 25 heavy (non-hydrogen) atoms. The minimum absolute atomic E-state index is 0.0490. The fourth-order valence-corrected chi connectivity index (χ4v) is 3.49. The zero-order valence-corrected chi connectivity index (χ0v) is 15.2. The van der Waals surface area contributed by atoms with Gasteiger partial charge in [-0.3, -0.25) is 9.36 Å². The number of ether oxygens (including phenoxy) is 1. The molecular formula is C19H19N3O2S. The molecule has 1 atom stereocenters. The van der Waals surface area contributed by atoms with Gasteiger partial charge in [0.25, 0.3) is 0 Å². The van der Waals surface area contributed by atoms with E-state index in [0.717, 1.165) is 17.3 Å². The van der Waals surface area contributed by atoms with Crippen LogP contribution in [-0.4, -0.2) is 32.9 Å². The van der Waals surface area contributed by atoms with E-state index in [1.54, 1.807) is 31.4 Å². The standard InChI is InChI=1S/C19H19N3O2S/c1-13(18(23)15-9-11-17(24-3)12-10-15)25-19-21-20-14(2)22(19)16-7-5-4-6-8-16/h4-13H,1-3H3/t13-/m1/s1. The fourth-order valence-electron chi connectivity index (χ4n) is 2.50. The second-order valence-corrected chi connectivity index (χ2v) is 6.86. The van der Waals surface area contributed by atoms with Gasteiger partial charge < -0.3 is 4.74 Å². The van der Waals surface area contributed by atoms with Crippen molar-refractivity contribution in [3.63, 3.8) is 0 Å². The molecule has 5 nitrogen and oxygen atoms in total. The smallest absolute Gasteiger partial charge is 0.196 e. The van der Waals surface area contributed by atoms with Crippen LogP contribution in [0.2, 0.25) is 0 Å². The molecule has 0 fully saturated rings. The topological polar surface area (TPSA) is 57.0 Å². The van der Waals surface area contributed by atoms with Gasteiger partial charge in [0.2, 0.25) is 0 Å². The van der Waals surface area contributed by atoms with Gasteiger partial charge in [0.15, 0.2) is 10.9 Å². The largest absolute Gasteiger partial charge is 0.497 e. The van der Waals surface area contributed by atoms with Crippen LogP contribution in [0.4, 0.5) is 0 Å². The highest BCUT2D eigenvalue weighted by molar-refractivity contribution is 8.00. The highest BCUT2D eigenvalue weighted by Crippen LogP contribution is 2.27. The van der Waals surface area contributed by atoms with Crippen molar-refractivity contribution in [3.05, 3.63) is 66.0 Å². The van der Waals surface area contributed by atoms with Crippen molar-refractivity contribution >= 4 is 17.5 Å². The third-order valence-corrected chi connectivity index (χ3v) is 4.88. The molecule has 1 aromatic heterocycles. The molecule has 0 radical (unpaired) electrons. The zero-order chi connectivity index (χ0) is 17.8. The molecule has 0 N–H and O–H groups in total. The van der Waals surface area contributed by atoms with Gasteiger partial charge in [-0.2, -0.15) is 0 Å². The third kappa shape index (κ3) is 3.74. The van der Waals surface area contributed by atoms with Crippen molar-refractivity contribution in [2.75, 3.05) is 7.11 Å². The molecule has 0 aliphatic rings. The lowest BCUT2D eigenvalue weighted by Gasteiger charge is -2.12. The number of methoxy groups -OCH3 is 1. The lowest BCUT2D eigenvalue weighted by atomic mass is 10.1. The molecule has 0 aliphatic carbocycles. The van der Waals surface area contributed by atoms with Crippen molar-refractivity contribution < 1.29 is 9.53 Å². The number of nitrogens with zero attached hydrogens (tertiary/aromatic N) is 3. The highest BCUT2D eigenvalue weighted by Gasteiger charge is 2.21. The summed E-state index contributed by atoms with van der Waals surface area (Å²) in [6.45, 7) is 3.79. The fraction of sp³-hybridized carbons (Fsp3) is 0.211. The molecule has 6 heteroatoms. The summed E-state index contributed by atoms with van der Waals surface area (Å²) in [5.41, 5.74) is 1.64. The molecule has 3 aromatic rings. The maximum Gasteiger partial charge on any atom is 0.196 e. The molecule has 3 rings (SSSR count). The van der Waals surface area contributed by atoms with E-state index in [4.69, 9.17) is 4.74 Å². The van der Waals surface area contributed by atoms with E-state index in [-0.39, 0.29) is 11.0 Å². The Labute approximate surface area is 151 Å². The van der Waals surface area contributed by atoms with E-state index in [0.29, 0.717) is 10.7 Å². The minimum Gasteiger partial charge on any atom is -0.497 e. The van der Waals surface area contributed by atoms with Gasteiger partial charge in [0.05, 0.1) is 12.4 Å². The van der Waals surface area contributed by atoms with E-state index < -0.39 is 0 Å². The van der Waals surface area contributed by atoms with Gasteiger partial charge in [-0.1, -0.05) is 30.0 Å². The monoisotopic (exact) mass is 353 g/mol. The SMILES string of the molecule is COc1ccc(C(=O)[C@@H](C)Sc2nnc(C)n2-c2ccccc2)cc1. The Morgan fingerprint density at radius 1 is 1.08 bits per heavy atom. The Bertz CT molecular complexity index is 860. The Balaban J connectivity index is 1.81. The van der Waals surface area contributed by atoms with Crippen LogP contribution < -0.4 is 4.74 Å². The number of benzene rings is 2. The average Bonchev–Trinajstić information content (AvgIpc) is 3.02. The van der Waals surface area contributed by atoms with Crippen LogP contribution in [0.15, 0.2) is 59.8 Å². The Morgan fingerprint density at radius 3 is 2.40 bits per heavy atom. The number of para-hydroxylation sites is 1. The molecule has 1 heterocycles. The molecule has 0 bridgehead atoms. The van der Waals surface area contributed by atoms with Crippen LogP contribution in [0.25, 0.3) is 5.69 Å². The predicted octanol–water partition coefficient (Wildman–Crippen LogP) is 3.95. The van der Waals surface area contributed by atoms with Gasteiger partial charge in [-0.05, 0) is 50.2 Å². The summed E-state index contributed by atoms with van der Waals surface area (Å²) in [5.74, 6) is 1.57. The summed E-state index contributed by atoms with van der Waals surface area (Å²) in [4.78, 5) is 12.7. The second kappa shape index (κ2) is 7.53. The number of ketones is 1. The van der Waals surface area contributed by atoms with Gasteiger partial charge in [-0.25, -0.2) is 0 Å². The van der Waals surface area contributed by atoms with Crippen LogP contribution in [-0.2, 0) is 0 Å². The number of carbonyl (C=O) groups excluding carboxylic acids is 1. The number of aromatic nitrogens is 3. The van der Waals surface area contributed by atoms with E-state index in [1.165, 1.54) is 11.8 Å². The number of hydrogen-bond acceptors (Lipinski definition) is 5. The predicted molar refractivity (Wildman–Crippen MR) is 98.7 cm³/mol. The van der Waals surface area contributed by atoms with Crippen LogP contribution in [0, 0.1) is 6.92 Å². The molecule has 2 aromatic carbocycles. The van der Waals surface area contributed by atoms with Crippen LogP contribution in [0.1, 0.15) is 23.1 Å². The second-order valence-electron chi connectivity index (χ2n) is 5.55. The number of carbonyl (C=O) groups is 1. The minimum atomic E-state index is -0.278. The van der Waals surface area contributed by atoms with E-state index in [9.17, 15) is 4.79 Å². The molecule has 0 saturated carbocycles. The zero-order valence-electron chi connectivity index (χ0n) is 14.3. The molecule has 0 aliphatic heterocycles.